The Kier molecular flexibility index (Phi) is 7.11. The third-order valence-corrected chi connectivity index (χ3v) is 8.76. The molecular weight excluding hydrogens is 485 g/mol. The Bertz CT molecular complexity index is 1390. The summed E-state index contributed by atoms with van der Waals surface area (Å²) >= 11 is 0. The summed E-state index contributed by atoms with van der Waals surface area (Å²) in [4.78, 5) is 7.88. The molecule has 1 aliphatic heterocycles. The van der Waals surface area contributed by atoms with Crippen molar-refractivity contribution in [3.05, 3.63) is 54.1 Å². The van der Waals surface area contributed by atoms with E-state index < -0.39 is 10.0 Å². The highest BCUT2D eigenvalue weighted by atomic mass is 32.2. The topological polar surface area (TPSA) is 93.8 Å². The minimum Gasteiger partial charge on any atom is -0.496 e. The molecule has 1 saturated heterocycles. The van der Waals surface area contributed by atoms with E-state index in [4.69, 9.17) is 14.2 Å². The number of sulfonamides is 1. The van der Waals surface area contributed by atoms with E-state index in [0.717, 1.165) is 28.6 Å². The van der Waals surface area contributed by atoms with Crippen LogP contribution in [0.5, 0.6) is 5.75 Å². The van der Waals surface area contributed by atoms with Crippen molar-refractivity contribution in [2.45, 2.75) is 6.42 Å². The van der Waals surface area contributed by atoms with E-state index in [-0.39, 0.29) is 30.0 Å². The lowest BCUT2D eigenvalue weighted by molar-refractivity contribution is 0.0782. The second-order valence-corrected chi connectivity index (χ2v) is 11.3. The average Bonchev–Trinajstić information content (AvgIpc) is 3.57. The Labute approximate surface area is 210 Å². The molecule has 0 spiro atoms. The second-order valence-electron chi connectivity index (χ2n) is 9.21. The van der Waals surface area contributed by atoms with E-state index in [9.17, 15) is 12.8 Å². The number of hydrogen-bond acceptors (Lipinski definition) is 6. The summed E-state index contributed by atoms with van der Waals surface area (Å²) in [6.45, 7) is 1.99. The van der Waals surface area contributed by atoms with Crippen LogP contribution in [0.15, 0.2) is 42.6 Å². The van der Waals surface area contributed by atoms with Gasteiger partial charge in [-0.05, 0) is 59.7 Å². The van der Waals surface area contributed by atoms with Crippen molar-refractivity contribution < 1.29 is 27.0 Å². The highest BCUT2D eigenvalue weighted by Gasteiger charge is 2.41. The van der Waals surface area contributed by atoms with Crippen molar-refractivity contribution in [1.82, 2.24) is 14.3 Å². The first kappa shape index (κ1) is 24.9. The molecule has 0 radical (unpaired) electrons. The molecule has 0 bridgehead atoms. The zero-order valence-corrected chi connectivity index (χ0v) is 21.2. The largest absolute Gasteiger partial charge is 0.496 e. The van der Waals surface area contributed by atoms with Gasteiger partial charge in [0.25, 0.3) is 0 Å². The minimum atomic E-state index is -3.36. The fraction of sp³-hybridized carbons (Fsp3) is 0.423. The van der Waals surface area contributed by atoms with Crippen LogP contribution < -0.4 is 4.74 Å². The standard InChI is InChI=1S/C26H30FN3O5S/c1-33-7-8-35-9-10-36(31,32)30-15-18-11-17(12-19(18)16-30)24-14-23-21(5-6-28-26(23)29-24)22-13-20(27)3-4-25(22)34-2/h3-6,11,13-14,18-19H,7-10,12,15-16H2,1-2H3,(H,28,29). The van der Waals surface area contributed by atoms with Gasteiger partial charge in [0.2, 0.25) is 10.0 Å². The summed E-state index contributed by atoms with van der Waals surface area (Å²) in [7, 11) is -0.212. The molecule has 1 N–H and O–H groups in total. The second kappa shape index (κ2) is 10.3. The van der Waals surface area contributed by atoms with Crippen LogP contribution in [-0.2, 0) is 19.5 Å². The third kappa shape index (κ3) is 4.90. The summed E-state index contributed by atoms with van der Waals surface area (Å²) in [5, 5.41) is 0.882. The summed E-state index contributed by atoms with van der Waals surface area (Å²) in [5.74, 6) is 0.649. The van der Waals surface area contributed by atoms with Gasteiger partial charge in [-0.2, -0.15) is 0 Å². The number of ether oxygens (including phenoxy) is 3. The maximum Gasteiger partial charge on any atom is 0.216 e. The maximum absolute atomic E-state index is 14.0. The molecule has 2 atom stereocenters. The molecule has 0 amide bonds. The van der Waals surface area contributed by atoms with Gasteiger partial charge >= 0.3 is 0 Å². The van der Waals surface area contributed by atoms with Crippen LogP contribution >= 0.6 is 0 Å². The molecule has 1 fully saturated rings. The molecule has 8 nitrogen and oxygen atoms in total. The van der Waals surface area contributed by atoms with Crippen LogP contribution in [0.2, 0.25) is 0 Å². The Hall–Kier alpha value is -2.79. The Morgan fingerprint density at radius 3 is 2.75 bits per heavy atom. The molecule has 1 aromatic carbocycles. The monoisotopic (exact) mass is 515 g/mol. The summed E-state index contributed by atoms with van der Waals surface area (Å²) < 4.78 is 56.9. The molecule has 1 aliphatic carbocycles. The van der Waals surface area contributed by atoms with Crippen molar-refractivity contribution in [2.75, 3.05) is 52.9 Å². The normalized spacial score (nSPS) is 20.1. The van der Waals surface area contributed by atoms with Gasteiger partial charge in [0.1, 0.15) is 17.2 Å². The number of nitrogens with one attached hydrogen (secondary N) is 1. The van der Waals surface area contributed by atoms with E-state index in [1.54, 1.807) is 30.8 Å². The Morgan fingerprint density at radius 2 is 1.97 bits per heavy atom. The van der Waals surface area contributed by atoms with E-state index >= 15 is 0 Å². The molecule has 5 rings (SSSR count). The van der Waals surface area contributed by atoms with E-state index in [2.05, 4.69) is 16.0 Å². The number of nitrogens with zero attached hydrogens (tertiary/aromatic N) is 2. The fourth-order valence-corrected chi connectivity index (χ4v) is 6.56. The van der Waals surface area contributed by atoms with Crippen LogP contribution in [-0.4, -0.2) is 75.6 Å². The number of methoxy groups -OCH3 is 2. The highest BCUT2D eigenvalue weighted by Crippen LogP contribution is 2.43. The molecule has 36 heavy (non-hydrogen) atoms. The first-order valence-electron chi connectivity index (χ1n) is 12.0. The molecule has 192 valence electrons. The van der Waals surface area contributed by atoms with Gasteiger partial charge < -0.3 is 19.2 Å². The quantitative estimate of drug-likeness (QED) is 0.414. The van der Waals surface area contributed by atoms with Crippen LogP contribution in [0.4, 0.5) is 4.39 Å². The van der Waals surface area contributed by atoms with Crippen molar-refractivity contribution >= 4 is 26.6 Å². The number of halogens is 1. The third-order valence-electron chi connectivity index (χ3n) is 7.00. The lowest BCUT2D eigenvalue weighted by Crippen LogP contribution is -2.33. The van der Waals surface area contributed by atoms with E-state index in [1.165, 1.54) is 12.1 Å². The zero-order chi connectivity index (χ0) is 25.3. The fourth-order valence-electron chi connectivity index (χ4n) is 5.16. The Morgan fingerprint density at radius 1 is 1.11 bits per heavy atom. The van der Waals surface area contributed by atoms with Crippen LogP contribution in [0.3, 0.4) is 0 Å². The first-order chi connectivity index (χ1) is 17.4. The van der Waals surface area contributed by atoms with Gasteiger partial charge in [0.15, 0.2) is 0 Å². The number of rotatable bonds is 10. The maximum atomic E-state index is 14.0. The lowest BCUT2D eigenvalue weighted by atomic mass is 9.99. The molecule has 10 heteroatoms. The number of fused-ring (bicyclic) bond motifs is 2. The molecule has 0 saturated carbocycles. The van der Waals surface area contributed by atoms with Crippen molar-refractivity contribution in [3.63, 3.8) is 0 Å². The van der Waals surface area contributed by atoms with Gasteiger partial charge in [-0.3, -0.25) is 0 Å². The SMILES string of the molecule is COCCOCCS(=O)(=O)N1CC2C=C(c3cc4c(-c5cc(F)ccc5OC)ccnc4[nH]3)CC2C1. The van der Waals surface area contributed by atoms with Crippen molar-refractivity contribution in [2.24, 2.45) is 11.8 Å². The van der Waals surface area contributed by atoms with Crippen molar-refractivity contribution in [3.8, 4) is 16.9 Å². The number of hydrogen-bond donors (Lipinski definition) is 1. The number of benzene rings is 1. The molecular formula is C26H30FN3O5S. The van der Waals surface area contributed by atoms with Crippen molar-refractivity contribution in [1.29, 1.82) is 0 Å². The number of aromatic amines is 1. The molecule has 2 aliphatic rings. The van der Waals surface area contributed by atoms with E-state index in [0.29, 0.717) is 43.3 Å². The van der Waals surface area contributed by atoms with E-state index in [1.807, 2.05) is 12.1 Å². The average molecular weight is 516 g/mol. The van der Waals surface area contributed by atoms with Crippen LogP contribution in [0.1, 0.15) is 12.1 Å². The summed E-state index contributed by atoms with van der Waals surface area (Å²) in [5.41, 5.74) is 4.32. The Balaban J connectivity index is 1.33. The van der Waals surface area contributed by atoms with Gasteiger partial charge in [-0.15, -0.1) is 0 Å². The molecule has 2 unspecified atom stereocenters. The minimum absolute atomic E-state index is 0.0211. The molecule has 2 aromatic heterocycles. The number of H-pyrrole nitrogens is 1. The first-order valence-corrected chi connectivity index (χ1v) is 13.6. The predicted molar refractivity (Wildman–Crippen MR) is 136 cm³/mol. The van der Waals surface area contributed by atoms with Gasteiger partial charge in [-0.1, -0.05) is 6.08 Å². The predicted octanol–water partition coefficient (Wildman–Crippen LogP) is 3.71. The van der Waals surface area contributed by atoms with Gasteiger partial charge in [0.05, 0.1) is 32.7 Å². The number of aromatic nitrogens is 2. The molecule has 3 heterocycles. The number of pyridine rings is 1. The number of allylic oxidation sites excluding steroid dienone is 1. The van der Waals surface area contributed by atoms with Gasteiger partial charge in [0, 0.05) is 43.0 Å². The lowest BCUT2D eigenvalue weighted by Gasteiger charge is -2.17. The van der Waals surface area contributed by atoms with Gasteiger partial charge in [-0.25, -0.2) is 22.1 Å². The zero-order valence-electron chi connectivity index (χ0n) is 20.4. The highest BCUT2D eigenvalue weighted by molar-refractivity contribution is 7.89. The smallest absolute Gasteiger partial charge is 0.216 e. The van der Waals surface area contributed by atoms with Crippen LogP contribution in [0.25, 0.3) is 27.7 Å². The summed E-state index contributed by atoms with van der Waals surface area (Å²) in [6, 6.07) is 8.37. The summed E-state index contributed by atoms with van der Waals surface area (Å²) in [6.07, 6.45) is 4.66. The molecule has 3 aromatic rings. The van der Waals surface area contributed by atoms with Crippen LogP contribution in [0, 0.1) is 17.7 Å².